The van der Waals surface area contributed by atoms with E-state index in [9.17, 15) is 0 Å². The van der Waals surface area contributed by atoms with Crippen LogP contribution in [0, 0.1) is 13.8 Å². The summed E-state index contributed by atoms with van der Waals surface area (Å²) in [7, 11) is 0. The molecular weight excluding hydrogens is 569 g/mol. The highest BCUT2D eigenvalue weighted by Gasteiger charge is 2.45. The van der Waals surface area contributed by atoms with Gasteiger partial charge in [-0.3, -0.25) is 0 Å². The third-order valence-corrected chi connectivity index (χ3v) is 10.5. The van der Waals surface area contributed by atoms with Gasteiger partial charge in [0.1, 0.15) is 0 Å². The highest BCUT2D eigenvalue weighted by atomic mass is 15.0. The highest BCUT2D eigenvalue weighted by Crippen LogP contribution is 2.54. The molecule has 2 aromatic heterocycles. The molecule has 0 saturated heterocycles. The lowest BCUT2D eigenvalue weighted by molar-refractivity contribution is 0.726. The Labute approximate surface area is 287 Å². The number of nitrogens with zero attached hydrogens (tertiary/aromatic N) is 2. The first-order chi connectivity index (χ1) is 23.1. The maximum Gasteiger partial charge on any atom is 0.0743 e. The first-order valence-corrected chi connectivity index (χ1v) is 16.4. The minimum absolute atomic E-state index is 0. The highest BCUT2D eigenvalue weighted by molar-refractivity contribution is 6.12. The zero-order chi connectivity index (χ0) is 31.3. The summed E-state index contributed by atoms with van der Waals surface area (Å²) in [5, 5.41) is 5.12. The number of para-hydroxylation sites is 4. The number of aromatic nitrogens is 2. The summed E-state index contributed by atoms with van der Waals surface area (Å²) in [4.78, 5) is 0. The predicted octanol–water partition coefficient (Wildman–Crippen LogP) is 13.4. The van der Waals surface area contributed by atoms with Gasteiger partial charge in [-0.1, -0.05) is 132 Å². The van der Waals surface area contributed by atoms with Crippen LogP contribution >= 0.6 is 0 Å². The van der Waals surface area contributed by atoms with Gasteiger partial charge in [-0.15, -0.1) is 0 Å². The van der Waals surface area contributed by atoms with E-state index in [1.807, 2.05) is 0 Å². The van der Waals surface area contributed by atoms with E-state index in [1.54, 1.807) is 0 Å². The minimum Gasteiger partial charge on any atom is -0.309 e. The summed E-state index contributed by atoms with van der Waals surface area (Å²) in [6, 6.07) is 59.0. The predicted molar refractivity (Wildman–Crippen MR) is 215 cm³/mol. The summed E-state index contributed by atoms with van der Waals surface area (Å²) in [6.07, 6.45) is 0. The molecular formula is C45H50N2. The average molecular weight is 619 g/mol. The first-order valence-electron chi connectivity index (χ1n) is 16.4. The molecule has 0 aliphatic carbocycles. The molecule has 0 spiro atoms. The lowest BCUT2D eigenvalue weighted by Crippen LogP contribution is -2.35. The van der Waals surface area contributed by atoms with E-state index in [-0.39, 0.29) is 12.8 Å². The Balaban J connectivity index is 0.00000174. The molecule has 9 aromatic rings. The molecule has 0 atom stereocenters. The van der Waals surface area contributed by atoms with Gasteiger partial charge in [0.05, 0.1) is 33.2 Å². The maximum atomic E-state index is 2.52. The van der Waals surface area contributed by atoms with Crippen molar-refractivity contribution in [1.82, 2.24) is 9.13 Å². The van der Waals surface area contributed by atoms with Gasteiger partial charge in [-0.2, -0.15) is 0 Å². The standard InChI is InChI=1S/C45H32N2.9H2/c1-29-18-22-31(23-19-29)45(32-24-20-30(2)21-25-32)38-14-9-13-37-36-12-5-8-17-42(36)47(44(37)38)43-27-26-33(28-39(43)45)46-40-15-6-3-10-34(40)35-11-4-7-16-41(35)46;;;;;;;;;/h3-28H,1-2H3;9*1H. The van der Waals surface area contributed by atoms with Crippen molar-refractivity contribution in [3.05, 3.63) is 191 Å². The summed E-state index contributed by atoms with van der Waals surface area (Å²) in [6.45, 7) is 4.35. The number of rotatable bonds is 3. The van der Waals surface area contributed by atoms with Gasteiger partial charge in [0.15, 0.2) is 0 Å². The SMILES string of the molecule is Cc1ccc(C2(c3ccc(C)cc3)c3cc(-n4c5ccccc5c5ccccc54)ccc3-n3c4ccccc4c4cccc2c43)cc1.[HH].[HH].[HH].[HH].[HH].[HH].[HH].[HH].[HH]. The molecule has 0 amide bonds. The molecule has 0 fully saturated rings. The van der Waals surface area contributed by atoms with Gasteiger partial charge in [0.25, 0.3) is 0 Å². The van der Waals surface area contributed by atoms with Crippen molar-refractivity contribution in [1.29, 1.82) is 0 Å². The fourth-order valence-corrected chi connectivity index (χ4v) is 8.47. The van der Waals surface area contributed by atoms with Gasteiger partial charge in [-0.05, 0) is 72.5 Å². The van der Waals surface area contributed by atoms with Crippen LogP contribution in [0.15, 0.2) is 158 Å². The number of aryl methyl sites for hydroxylation is 2. The van der Waals surface area contributed by atoms with Crippen molar-refractivity contribution in [3.8, 4) is 11.4 Å². The number of hydrogen-bond donors (Lipinski definition) is 0. The molecule has 2 heteroatoms. The molecule has 0 unspecified atom stereocenters. The average Bonchev–Trinajstić information content (AvgIpc) is 3.64. The lowest BCUT2D eigenvalue weighted by atomic mass is 9.63. The van der Waals surface area contributed by atoms with Gasteiger partial charge < -0.3 is 9.13 Å². The molecule has 0 N–H and O–H groups in total. The van der Waals surface area contributed by atoms with Crippen molar-refractivity contribution in [2.45, 2.75) is 19.3 Å². The molecule has 1 aliphatic rings. The van der Waals surface area contributed by atoms with E-state index in [1.165, 1.54) is 82.7 Å². The molecule has 2 nitrogen and oxygen atoms in total. The van der Waals surface area contributed by atoms with Crippen LogP contribution in [0.2, 0.25) is 0 Å². The van der Waals surface area contributed by atoms with Crippen LogP contribution in [-0.2, 0) is 5.41 Å². The molecule has 47 heavy (non-hydrogen) atoms. The first kappa shape index (κ1) is 26.4. The third kappa shape index (κ3) is 3.45. The molecule has 10 rings (SSSR count). The van der Waals surface area contributed by atoms with E-state index < -0.39 is 5.41 Å². The second-order valence-electron chi connectivity index (χ2n) is 13.1. The van der Waals surface area contributed by atoms with E-state index in [2.05, 4.69) is 181 Å². The van der Waals surface area contributed by atoms with Crippen LogP contribution in [0.3, 0.4) is 0 Å². The molecule has 0 saturated carbocycles. The number of fused-ring (bicyclic) bond motifs is 8. The van der Waals surface area contributed by atoms with Gasteiger partial charge in [0.2, 0.25) is 0 Å². The number of hydrogen-bond acceptors (Lipinski definition) is 0. The van der Waals surface area contributed by atoms with E-state index in [4.69, 9.17) is 0 Å². The normalized spacial score (nSPS) is 13.5. The fraction of sp³-hybridized carbons (Fsp3) is 0.0667. The zero-order valence-electron chi connectivity index (χ0n) is 26.4. The van der Waals surface area contributed by atoms with Gasteiger partial charge in [0, 0.05) is 40.1 Å². The molecule has 3 heterocycles. The monoisotopic (exact) mass is 618 g/mol. The Bertz CT molecular complexity index is 2620. The minimum atomic E-state index is -0.546. The molecule has 7 aromatic carbocycles. The smallest absolute Gasteiger partial charge is 0.0743 e. The van der Waals surface area contributed by atoms with Crippen LogP contribution in [0.25, 0.3) is 55.0 Å². The summed E-state index contributed by atoms with van der Waals surface area (Å²) in [5.41, 5.74) is 14.5. The van der Waals surface area contributed by atoms with Crippen LogP contribution in [0.4, 0.5) is 0 Å². The number of benzene rings is 7. The van der Waals surface area contributed by atoms with Crippen LogP contribution in [0.5, 0.6) is 0 Å². The van der Waals surface area contributed by atoms with E-state index in [0.717, 1.165) is 5.69 Å². The van der Waals surface area contributed by atoms with Gasteiger partial charge >= 0.3 is 0 Å². The Morgan fingerprint density at radius 1 is 0.426 bits per heavy atom. The topological polar surface area (TPSA) is 9.86 Å². The molecule has 240 valence electrons. The van der Waals surface area contributed by atoms with Crippen molar-refractivity contribution >= 4 is 43.6 Å². The van der Waals surface area contributed by atoms with E-state index >= 15 is 0 Å². The summed E-state index contributed by atoms with van der Waals surface area (Å²) < 4.78 is 4.97. The van der Waals surface area contributed by atoms with Crippen LogP contribution in [0.1, 0.15) is 46.2 Å². The molecule has 0 bridgehead atoms. The van der Waals surface area contributed by atoms with Crippen LogP contribution in [-0.4, -0.2) is 9.13 Å². The third-order valence-electron chi connectivity index (χ3n) is 10.5. The van der Waals surface area contributed by atoms with Crippen molar-refractivity contribution in [2.75, 3.05) is 0 Å². The second-order valence-corrected chi connectivity index (χ2v) is 13.1. The van der Waals surface area contributed by atoms with Gasteiger partial charge in [-0.25, -0.2) is 0 Å². The Morgan fingerprint density at radius 2 is 0.915 bits per heavy atom. The molecule has 1 aliphatic heterocycles. The Hall–Kier alpha value is -5.86. The Kier molecular flexibility index (Phi) is 5.37. The zero-order valence-corrected chi connectivity index (χ0v) is 26.4. The van der Waals surface area contributed by atoms with Crippen molar-refractivity contribution in [3.63, 3.8) is 0 Å². The quantitative estimate of drug-likeness (QED) is 0.186. The largest absolute Gasteiger partial charge is 0.309 e. The molecule has 0 radical (unpaired) electrons. The van der Waals surface area contributed by atoms with E-state index in [0.29, 0.717) is 0 Å². The van der Waals surface area contributed by atoms with Crippen molar-refractivity contribution in [2.24, 2.45) is 0 Å². The van der Waals surface area contributed by atoms with Crippen LogP contribution < -0.4 is 0 Å². The summed E-state index contributed by atoms with van der Waals surface area (Å²) >= 11 is 0. The van der Waals surface area contributed by atoms with Crippen molar-refractivity contribution < 1.29 is 12.8 Å². The maximum absolute atomic E-state index is 2.52. The fourth-order valence-electron chi connectivity index (χ4n) is 8.47. The second kappa shape index (κ2) is 9.57. The lowest BCUT2D eigenvalue weighted by Gasteiger charge is -2.42. The Morgan fingerprint density at radius 3 is 1.49 bits per heavy atom. The summed E-state index contributed by atoms with van der Waals surface area (Å²) in [5.74, 6) is 0.